The average molecular weight is 153 g/mol. The zero-order valence-corrected chi connectivity index (χ0v) is 6.25. The Morgan fingerprint density at radius 3 is 3.00 bits per heavy atom. The summed E-state index contributed by atoms with van der Waals surface area (Å²) in [5.41, 5.74) is 0.801. The molecular weight excluding hydrogens is 142 g/mol. The smallest absolute Gasteiger partial charge is 0.207 e. The monoisotopic (exact) mass is 153 g/mol. The lowest BCUT2D eigenvalue weighted by atomic mass is 9.97. The van der Waals surface area contributed by atoms with Crippen molar-refractivity contribution in [1.82, 2.24) is 5.32 Å². The van der Waals surface area contributed by atoms with Gasteiger partial charge in [-0.05, 0) is 24.8 Å². The summed E-state index contributed by atoms with van der Waals surface area (Å²) in [6.45, 7) is 0. The Bertz CT molecular complexity index is 187. The Hall–Kier alpha value is -1.12. The molecule has 11 heavy (non-hydrogen) atoms. The summed E-state index contributed by atoms with van der Waals surface area (Å²) in [5, 5.41) is 2.63. The van der Waals surface area contributed by atoms with E-state index in [0.717, 1.165) is 31.1 Å². The lowest BCUT2D eigenvalue weighted by molar-refractivity contribution is -0.110. The van der Waals surface area contributed by atoms with E-state index in [4.69, 9.17) is 0 Å². The first kappa shape index (κ1) is 7.98. The van der Waals surface area contributed by atoms with Gasteiger partial charge in [-0.3, -0.25) is 9.59 Å². The summed E-state index contributed by atoms with van der Waals surface area (Å²) in [5.74, 6) is 0. The highest BCUT2D eigenvalue weighted by Gasteiger charge is 2.11. The number of carbonyl (C=O) groups is 2. The Morgan fingerprint density at radius 2 is 2.36 bits per heavy atom. The third kappa shape index (κ3) is 2.18. The van der Waals surface area contributed by atoms with Crippen molar-refractivity contribution in [3.8, 4) is 0 Å². The fourth-order valence-corrected chi connectivity index (χ4v) is 1.27. The molecule has 1 unspecified atom stereocenters. The first-order chi connectivity index (χ1) is 5.36. The van der Waals surface area contributed by atoms with Crippen LogP contribution in [0.2, 0.25) is 0 Å². The number of hydrogen-bond acceptors (Lipinski definition) is 2. The number of allylic oxidation sites excluding steroid dienone is 1. The molecule has 1 amide bonds. The van der Waals surface area contributed by atoms with E-state index >= 15 is 0 Å². The molecule has 0 radical (unpaired) electrons. The zero-order chi connectivity index (χ0) is 8.10. The molecule has 1 rings (SSSR count). The molecule has 3 nitrogen and oxygen atoms in total. The van der Waals surface area contributed by atoms with Crippen molar-refractivity contribution < 1.29 is 9.59 Å². The van der Waals surface area contributed by atoms with Gasteiger partial charge in [0.15, 0.2) is 0 Å². The maximum absolute atomic E-state index is 10.3. The van der Waals surface area contributed by atoms with E-state index in [9.17, 15) is 9.59 Å². The van der Waals surface area contributed by atoms with Gasteiger partial charge in [0.2, 0.25) is 6.41 Å². The first-order valence-electron chi connectivity index (χ1n) is 3.72. The summed E-state index contributed by atoms with van der Waals surface area (Å²) >= 11 is 0. The van der Waals surface area contributed by atoms with Gasteiger partial charge in [0.05, 0.1) is 0 Å². The first-order valence-corrected chi connectivity index (χ1v) is 3.72. The van der Waals surface area contributed by atoms with E-state index in [1.165, 1.54) is 0 Å². The van der Waals surface area contributed by atoms with Gasteiger partial charge in [0.25, 0.3) is 0 Å². The summed E-state index contributed by atoms with van der Waals surface area (Å²) in [6.07, 6.45) is 6.13. The number of carbonyl (C=O) groups excluding carboxylic acids is 2. The quantitative estimate of drug-likeness (QED) is 0.597. The van der Waals surface area contributed by atoms with Gasteiger partial charge < -0.3 is 5.32 Å². The molecule has 1 N–H and O–H groups in total. The molecular formula is C8H11NO2. The molecule has 0 aromatic rings. The van der Waals surface area contributed by atoms with E-state index in [2.05, 4.69) is 5.32 Å². The van der Waals surface area contributed by atoms with E-state index in [1.54, 1.807) is 0 Å². The number of rotatable bonds is 3. The normalized spacial score (nSPS) is 23.6. The van der Waals surface area contributed by atoms with Crippen LogP contribution in [-0.4, -0.2) is 18.7 Å². The highest BCUT2D eigenvalue weighted by molar-refractivity contribution is 5.73. The lowest BCUT2D eigenvalue weighted by Gasteiger charge is -2.17. The van der Waals surface area contributed by atoms with E-state index in [1.807, 2.05) is 6.08 Å². The van der Waals surface area contributed by atoms with Crippen LogP contribution in [0.25, 0.3) is 0 Å². The highest BCUT2D eigenvalue weighted by atomic mass is 16.1. The maximum atomic E-state index is 10.3. The average Bonchev–Trinajstić information content (AvgIpc) is 2.06. The third-order valence-corrected chi connectivity index (χ3v) is 1.83. The second-order valence-corrected chi connectivity index (χ2v) is 2.64. The number of aldehydes is 1. The molecule has 3 heteroatoms. The van der Waals surface area contributed by atoms with Crippen LogP contribution in [0.15, 0.2) is 11.6 Å². The Labute approximate surface area is 65.5 Å². The van der Waals surface area contributed by atoms with Crippen LogP contribution in [0.5, 0.6) is 0 Å². The molecule has 0 aromatic carbocycles. The molecule has 0 fully saturated rings. The maximum Gasteiger partial charge on any atom is 0.207 e. The molecule has 0 heterocycles. The molecule has 0 saturated heterocycles. The Kier molecular flexibility index (Phi) is 2.83. The minimum absolute atomic E-state index is 0.0708. The van der Waals surface area contributed by atoms with Crippen molar-refractivity contribution >= 4 is 12.7 Å². The number of nitrogens with one attached hydrogen (secondary N) is 1. The van der Waals surface area contributed by atoms with Gasteiger partial charge in [-0.2, -0.15) is 0 Å². The van der Waals surface area contributed by atoms with Crippen molar-refractivity contribution in [2.75, 3.05) is 0 Å². The largest absolute Gasteiger partial charge is 0.352 e. The van der Waals surface area contributed by atoms with Crippen LogP contribution in [0.4, 0.5) is 0 Å². The summed E-state index contributed by atoms with van der Waals surface area (Å²) < 4.78 is 0. The molecule has 0 saturated carbocycles. The minimum atomic E-state index is 0.0708. The van der Waals surface area contributed by atoms with Crippen molar-refractivity contribution in [2.24, 2.45) is 0 Å². The molecule has 1 aliphatic rings. The highest BCUT2D eigenvalue weighted by Crippen LogP contribution is 2.15. The van der Waals surface area contributed by atoms with Crippen molar-refractivity contribution in [3.05, 3.63) is 11.6 Å². The van der Waals surface area contributed by atoms with Gasteiger partial charge in [-0.1, -0.05) is 6.08 Å². The Balaban J connectivity index is 2.54. The van der Waals surface area contributed by atoms with Gasteiger partial charge in [-0.15, -0.1) is 0 Å². The predicted octanol–water partition coefficient (Wildman–Crippen LogP) is 0.410. The second kappa shape index (κ2) is 3.91. The number of hydrogen-bond donors (Lipinski definition) is 1. The van der Waals surface area contributed by atoms with Crippen LogP contribution in [0.3, 0.4) is 0 Å². The van der Waals surface area contributed by atoms with Gasteiger partial charge >= 0.3 is 0 Å². The van der Waals surface area contributed by atoms with Crippen LogP contribution in [0, 0.1) is 0 Å². The second-order valence-electron chi connectivity index (χ2n) is 2.64. The van der Waals surface area contributed by atoms with Crippen LogP contribution in [-0.2, 0) is 9.59 Å². The molecule has 0 spiro atoms. The zero-order valence-electron chi connectivity index (χ0n) is 6.25. The molecule has 1 aliphatic carbocycles. The molecule has 60 valence electrons. The molecule has 0 aromatic heterocycles. The summed E-state index contributed by atoms with van der Waals surface area (Å²) in [6, 6.07) is 0.0708. The fraction of sp³-hybridized carbons (Fsp3) is 0.500. The van der Waals surface area contributed by atoms with E-state index in [0.29, 0.717) is 6.41 Å². The van der Waals surface area contributed by atoms with Gasteiger partial charge in [-0.25, -0.2) is 0 Å². The van der Waals surface area contributed by atoms with Crippen molar-refractivity contribution in [1.29, 1.82) is 0 Å². The van der Waals surface area contributed by atoms with Gasteiger partial charge in [0.1, 0.15) is 6.29 Å². The van der Waals surface area contributed by atoms with E-state index < -0.39 is 0 Å². The van der Waals surface area contributed by atoms with Crippen molar-refractivity contribution in [2.45, 2.75) is 25.3 Å². The molecule has 0 aliphatic heterocycles. The van der Waals surface area contributed by atoms with Crippen LogP contribution >= 0.6 is 0 Å². The third-order valence-electron chi connectivity index (χ3n) is 1.83. The molecule has 0 bridgehead atoms. The molecule has 1 atom stereocenters. The SMILES string of the molecule is O=CNC1C=C(C=O)CCC1. The van der Waals surface area contributed by atoms with Crippen molar-refractivity contribution in [3.63, 3.8) is 0 Å². The van der Waals surface area contributed by atoms with Crippen LogP contribution < -0.4 is 5.32 Å². The summed E-state index contributed by atoms with van der Waals surface area (Å²) in [4.78, 5) is 20.4. The minimum Gasteiger partial charge on any atom is -0.352 e. The summed E-state index contributed by atoms with van der Waals surface area (Å²) in [7, 11) is 0. The fourth-order valence-electron chi connectivity index (χ4n) is 1.27. The predicted molar refractivity (Wildman–Crippen MR) is 41.0 cm³/mol. The number of amides is 1. The topological polar surface area (TPSA) is 46.2 Å². The Morgan fingerprint density at radius 1 is 1.55 bits per heavy atom. The standard InChI is InChI=1S/C8H11NO2/c10-5-7-2-1-3-8(4-7)9-6-11/h4-6,8H,1-3H2,(H,9,11). The van der Waals surface area contributed by atoms with Gasteiger partial charge in [0, 0.05) is 6.04 Å². The van der Waals surface area contributed by atoms with Crippen LogP contribution in [0.1, 0.15) is 19.3 Å². The van der Waals surface area contributed by atoms with E-state index in [-0.39, 0.29) is 6.04 Å². The lowest BCUT2D eigenvalue weighted by Crippen LogP contribution is -2.28.